The Morgan fingerprint density at radius 2 is 1.51 bits per heavy atom. The molecule has 0 unspecified atom stereocenters. The summed E-state index contributed by atoms with van der Waals surface area (Å²) in [5, 5.41) is 61.5. The van der Waals surface area contributed by atoms with Gasteiger partial charge in [-0.25, -0.2) is 4.79 Å². The molecule has 0 bridgehead atoms. The summed E-state index contributed by atoms with van der Waals surface area (Å²) in [6, 6.07) is 5.67. The number of benzene rings is 1. The molecule has 0 saturated carbocycles. The van der Waals surface area contributed by atoms with Crippen LogP contribution in [0.4, 0.5) is 0 Å². The lowest BCUT2D eigenvalue weighted by Gasteiger charge is -2.42. The molecule has 35 heavy (non-hydrogen) atoms. The van der Waals surface area contributed by atoms with Gasteiger partial charge in [-0.1, -0.05) is 0 Å². The highest BCUT2D eigenvalue weighted by molar-refractivity contribution is 5.80. The van der Waals surface area contributed by atoms with Crippen LogP contribution in [0.2, 0.25) is 0 Å². The van der Waals surface area contributed by atoms with E-state index in [2.05, 4.69) is 0 Å². The smallest absolute Gasteiger partial charge is 0.336 e. The summed E-state index contributed by atoms with van der Waals surface area (Å²) >= 11 is 0. The van der Waals surface area contributed by atoms with E-state index in [0.717, 1.165) is 0 Å². The Kier molecular flexibility index (Phi) is 7.61. The molecule has 13 nitrogen and oxygen atoms in total. The first-order valence-corrected chi connectivity index (χ1v) is 10.9. The van der Waals surface area contributed by atoms with Gasteiger partial charge < -0.3 is 58.7 Å². The number of aliphatic hydroxyl groups excluding tert-OH is 6. The number of hydrogen-bond donors (Lipinski definition) is 6. The summed E-state index contributed by atoms with van der Waals surface area (Å²) in [5.74, 6) is 0.245. The zero-order valence-corrected chi connectivity index (χ0v) is 18.8. The highest BCUT2D eigenvalue weighted by Crippen LogP contribution is 2.35. The third kappa shape index (κ3) is 5.14. The predicted octanol–water partition coefficient (Wildman–Crippen LogP) is -2.17. The lowest BCUT2D eigenvalue weighted by Crippen LogP contribution is -2.61. The van der Waals surface area contributed by atoms with E-state index in [1.54, 1.807) is 0 Å². The van der Waals surface area contributed by atoms with Crippen LogP contribution in [0.15, 0.2) is 33.5 Å². The number of fused-ring (bicyclic) bond motifs is 1. The van der Waals surface area contributed by atoms with E-state index < -0.39 is 73.6 Å². The van der Waals surface area contributed by atoms with Crippen molar-refractivity contribution in [3.63, 3.8) is 0 Å². The van der Waals surface area contributed by atoms with Gasteiger partial charge in [-0.2, -0.15) is 0 Å². The van der Waals surface area contributed by atoms with Gasteiger partial charge in [0.05, 0.1) is 19.8 Å². The van der Waals surface area contributed by atoms with Gasteiger partial charge in [0.2, 0.25) is 6.29 Å². The zero-order chi connectivity index (χ0) is 25.4. The quantitative estimate of drug-likeness (QED) is 0.235. The number of hydrogen-bond acceptors (Lipinski definition) is 13. The molecular weight excluding hydrogens is 472 g/mol. The van der Waals surface area contributed by atoms with Crippen molar-refractivity contribution in [2.75, 3.05) is 13.7 Å². The van der Waals surface area contributed by atoms with Gasteiger partial charge in [-0.15, -0.1) is 0 Å². The summed E-state index contributed by atoms with van der Waals surface area (Å²) in [6.45, 7) is 1.04. The molecule has 0 radical (unpaired) electrons. The number of ether oxygens (including phenoxy) is 5. The Bertz CT molecular complexity index is 1070. The van der Waals surface area contributed by atoms with Crippen LogP contribution in [0.1, 0.15) is 6.92 Å². The average Bonchev–Trinajstić information content (AvgIpc) is 2.84. The first-order chi connectivity index (χ1) is 16.6. The van der Waals surface area contributed by atoms with Crippen molar-refractivity contribution in [3.8, 4) is 11.5 Å². The van der Waals surface area contributed by atoms with E-state index in [0.29, 0.717) is 5.39 Å². The average molecular weight is 500 g/mol. The van der Waals surface area contributed by atoms with E-state index in [-0.39, 0.29) is 17.1 Å². The van der Waals surface area contributed by atoms with Gasteiger partial charge in [-0.05, 0) is 19.1 Å². The Labute approximate surface area is 198 Å². The van der Waals surface area contributed by atoms with E-state index >= 15 is 0 Å². The molecule has 0 amide bonds. The minimum atomic E-state index is -1.70. The van der Waals surface area contributed by atoms with Gasteiger partial charge >= 0.3 is 5.63 Å². The lowest BCUT2D eigenvalue weighted by atomic mass is 9.98. The molecule has 1 aromatic heterocycles. The summed E-state index contributed by atoms with van der Waals surface area (Å²) in [7, 11) is 1.38. The zero-order valence-electron chi connectivity index (χ0n) is 18.8. The molecular formula is C22H28O13. The largest absolute Gasteiger partial charge is 0.493 e. The molecule has 3 heterocycles. The number of rotatable bonds is 6. The first kappa shape index (κ1) is 25.8. The lowest BCUT2D eigenvalue weighted by molar-refractivity contribution is -0.318. The maximum absolute atomic E-state index is 11.6. The van der Waals surface area contributed by atoms with Crippen LogP contribution >= 0.6 is 0 Å². The topological polar surface area (TPSA) is 198 Å². The minimum absolute atomic E-state index is 0.0265. The summed E-state index contributed by atoms with van der Waals surface area (Å²) in [5.41, 5.74) is -0.408. The number of aliphatic hydroxyl groups is 6. The Morgan fingerprint density at radius 3 is 2.23 bits per heavy atom. The van der Waals surface area contributed by atoms with Gasteiger partial charge in [0, 0.05) is 17.5 Å². The van der Waals surface area contributed by atoms with Gasteiger partial charge in [0.1, 0.15) is 48.3 Å². The summed E-state index contributed by atoms with van der Waals surface area (Å²) < 4.78 is 32.5. The molecule has 1 aromatic carbocycles. The number of methoxy groups -OCH3 is 1. The van der Waals surface area contributed by atoms with Crippen molar-refractivity contribution in [3.05, 3.63) is 34.7 Å². The first-order valence-electron chi connectivity index (χ1n) is 10.9. The molecule has 194 valence electrons. The Hall–Kier alpha value is -2.33. The fraction of sp³-hybridized carbons (Fsp3) is 0.591. The summed E-state index contributed by atoms with van der Waals surface area (Å²) in [4.78, 5) is 11.6. The second kappa shape index (κ2) is 10.3. The monoisotopic (exact) mass is 500 g/mol. The van der Waals surface area contributed by atoms with Crippen molar-refractivity contribution in [1.29, 1.82) is 0 Å². The second-order valence-corrected chi connectivity index (χ2v) is 8.44. The standard InChI is InChI=1S/C22H28O13/c1-8-15(24)17(26)19(28)21(32-8)31-7-13-16(25)18(27)20(29)22(35-13)34-12-6-10-9(5-11(12)30-2)3-4-14(23)33-10/h3-6,8,13,15-22,24-29H,7H2,1-2H3/t8-,13+,15-,16+,17+,18-,19+,20+,21-,22+/m0/s1. The molecule has 2 aliphatic heterocycles. The van der Waals surface area contributed by atoms with E-state index in [4.69, 9.17) is 28.1 Å². The van der Waals surface area contributed by atoms with Crippen molar-refractivity contribution < 1.29 is 58.7 Å². The maximum atomic E-state index is 11.6. The Morgan fingerprint density at radius 1 is 0.829 bits per heavy atom. The van der Waals surface area contributed by atoms with Crippen LogP contribution < -0.4 is 15.1 Å². The molecule has 13 heteroatoms. The molecule has 0 spiro atoms. The highest BCUT2D eigenvalue weighted by Gasteiger charge is 2.47. The van der Waals surface area contributed by atoms with Crippen LogP contribution in [0.3, 0.4) is 0 Å². The minimum Gasteiger partial charge on any atom is -0.493 e. The third-order valence-corrected chi connectivity index (χ3v) is 6.05. The van der Waals surface area contributed by atoms with Crippen molar-refractivity contribution >= 4 is 11.0 Å². The molecule has 2 saturated heterocycles. The van der Waals surface area contributed by atoms with Crippen molar-refractivity contribution in [2.24, 2.45) is 0 Å². The van der Waals surface area contributed by atoms with E-state index in [1.165, 1.54) is 38.3 Å². The molecule has 10 atom stereocenters. The fourth-order valence-electron chi connectivity index (χ4n) is 3.94. The molecule has 2 aliphatic rings. The van der Waals surface area contributed by atoms with Gasteiger partial charge in [0.15, 0.2) is 17.8 Å². The van der Waals surface area contributed by atoms with Crippen LogP contribution in [0, 0.1) is 0 Å². The summed E-state index contributed by atoms with van der Waals surface area (Å²) in [6.07, 6.45) is -14.4. The SMILES string of the molecule is COc1cc2ccc(=O)oc2cc1O[C@@H]1O[C@H](CO[C@H]2O[C@@H](C)[C@H](O)[C@@H](O)[C@H]2O)[C@@H](O)[C@H](O)[C@H]1O. The third-order valence-electron chi connectivity index (χ3n) is 6.05. The van der Waals surface area contributed by atoms with Crippen molar-refractivity contribution in [1.82, 2.24) is 0 Å². The molecule has 2 aromatic rings. The van der Waals surface area contributed by atoms with Gasteiger partial charge in [-0.3, -0.25) is 0 Å². The van der Waals surface area contributed by atoms with Crippen LogP contribution in [0.25, 0.3) is 11.0 Å². The normalized spacial score (nSPS) is 37.8. The molecule has 6 N–H and O–H groups in total. The van der Waals surface area contributed by atoms with Gasteiger partial charge in [0.25, 0.3) is 0 Å². The predicted molar refractivity (Wildman–Crippen MR) is 115 cm³/mol. The van der Waals surface area contributed by atoms with E-state index in [9.17, 15) is 35.4 Å². The van der Waals surface area contributed by atoms with E-state index in [1.807, 2.05) is 0 Å². The van der Waals surface area contributed by atoms with Crippen LogP contribution in [-0.2, 0) is 14.2 Å². The molecule has 4 rings (SSSR count). The fourth-order valence-corrected chi connectivity index (χ4v) is 3.94. The second-order valence-electron chi connectivity index (χ2n) is 8.44. The van der Waals surface area contributed by atoms with Crippen LogP contribution in [-0.4, -0.2) is 106 Å². The highest BCUT2D eigenvalue weighted by atomic mass is 16.7. The van der Waals surface area contributed by atoms with Crippen molar-refractivity contribution in [2.45, 2.75) is 68.3 Å². The molecule has 2 fully saturated rings. The Balaban J connectivity index is 1.50. The van der Waals surface area contributed by atoms with Crippen LogP contribution in [0.5, 0.6) is 11.5 Å². The maximum Gasteiger partial charge on any atom is 0.336 e. The molecule has 0 aliphatic carbocycles.